The van der Waals surface area contributed by atoms with E-state index in [0.717, 1.165) is 230 Å². The fourth-order valence-corrected chi connectivity index (χ4v) is 20.7. The molecule has 0 N–H and O–H groups in total. The van der Waals surface area contributed by atoms with Crippen LogP contribution in [-0.2, 0) is 0 Å². The number of hydrogen-bond acceptors (Lipinski definition) is 11. The number of pyridine rings is 11. The number of hydrogen-bond donors (Lipinski definition) is 0. The van der Waals surface area contributed by atoms with Crippen molar-refractivity contribution in [2.24, 2.45) is 0 Å². The van der Waals surface area contributed by atoms with Crippen molar-refractivity contribution in [2.75, 3.05) is 0 Å². The minimum absolute atomic E-state index is 0.784. The summed E-state index contributed by atoms with van der Waals surface area (Å²) in [6, 6.07) is 153. The highest BCUT2D eigenvalue weighted by Crippen LogP contribution is 2.43. The van der Waals surface area contributed by atoms with Crippen LogP contribution < -0.4 is 0 Å². The third-order valence-electron chi connectivity index (χ3n) is 26.0. The van der Waals surface area contributed by atoms with E-state index in [-0.39, 0.29) is 0 Å². The first-order valence-corrected chi connectivity index (χ1v) is 50.8. The van der Waals surface area contributed by atoms with Gasteiger partial charge in [-0.3, -0.25) is 38.2 Å². The smallest absolute Gasteiger partial charge is 0.145 e. The van der Waals surface area contributed by atoms with Gasteiger partial charge in [0.25, 0.3) is 0 Å². The van der Waals surface area contributed by atoms with Gasteiger partial charge in [0.05, 0.1) is 84.7 Å². The van der Waals surface area contributed by atoms with Crippen LogP contribution in [0.3, 0.4) is 0 Å². The van der Waals surface area contributed by atoms with E-state index in [2.05, 4.69) is 423 Å². The van der Waals surface area contributed by atoms with Crippen molar-refractivity contribution in [1.82, 2.24) is 73.1 Å². The summed E-state index contributed by atoms with van der Waals surface area (Å²) in [5.74, 6) is 0. The van der Waals surface area contributed by atoms with E-state index < -0.39 is 0 Å². The van der Waals surface area contributed by atoms with Crippen LogP contribution in [0, 0.1) is 0 Å². The molecule has 0 atom stereocenters. The molecule has 0 aliphatic heterocycles. The second kappa shape index (κ2) is 40.4. The van der Waals surface area contributed by atoms with E-state index in [1.165, 1.54) is 21.7 Å². The second-order valence-electron chi connectivity index (χ2n) is 35.1. The number of nitrogens with zero attached hydrogens (tertiary/aromatic N) is 15. The predicted octanol–water partition coefficient (Wildman–Crippen LogP) is 33.9. The number of fused-ring (bicyclic) bond motifs is 12. The zero-order valence-corrected chi connectivity index (χ0v) is 84.3. The Morgan fingerprint density at radius 2 is 0.377 bits per heavy atom. The third-order valence-corrected chi connectivity index (χ3v) is 28.0. The predicted molar refractivity (Wildman–Crippen MR) is 609 cm³/mol. The van der Waals surface area contributed by atoms with Crippen molar-refractivity contribution in [2.45, 2.75) is 0 Å². The lowest BCUT2D eigenvalue weighted by atomic mass is 9.96. The van der Waals surface area contributed by atoms with E-state index in [9.17, 15) is 0 Å². The average molecular weight is 2140 g/mol. The Bertz CT molecular complexity index is 8590. The van der Waals surface area contributed by atoms with Gasteiger partial charge >= 0.3 is 0 Å². The Morgan fingerprint density at radius 3 is 0.678 bits per heavy atom. The number of rotatable bonds is 15. The standard InChI is InChI=1S/2C34H22BrN3.C33H21BrN4.C26H16BrN5/c35-27-15-18-33-30(22-27)29-12-7-19-36-34(29)38(33)28-16-13-23(14-17-28)26-20-31(24-8-3-1-4-9-24)37-32(21-26)25-10-5-2-6-11-25;35-27-15-18-33-30(22-27)29-12-7-19-36-34(29)38(33)28-16-13-25(14-17-28)32-21-26(23-8-3-1-4-9-23)20-31(37-32)24-10-5-2-6-11-24;34-26-11-14-32-29(21-26)28-6-5-17-37-33(28)38(32)27-12-9-22(10-13-27)23-18-24(30-7-1-3-15-35-30)20-25(19-23)31-8-2-4-16-36-31;27-17-9-10-25-20(14-17)19-6-5-13-30-26(19)32(25)18-15-23(21-7-1-3-11-28-21)31-24(16-18)22-8-2-4-12-29-22/h2*1-22H;1-21H;1-16H. The molecule has 0 saturated heterocycles. The van der Waals surface area contributed by atoms with E-state index in [1.54, 1.807) is 12.4 Å². The van der Waals surface area contributed by atoms with Crippen molar-refractivity contribution in [3.8, 4) is 146 Å². The van der Waals surface area contributed by atoms with Crippen LogP contribution in [-0.4, -0.2) is 73.1 Å². The maximum atomic E-state index is 5.08. The summed E-state index contributed by atoms with van der Waals surface area (Å²) in [6.45, 7) is 0. The molecule has 692 valence electrons. The first kappa shape index (κ1) is 90.9. The Balaban J connectivity index is 0.000000105. The molecule has 146 heavy (non-hydrogen) atoms. The monoisotopic (exact) mass is 2130 g/mol. The Labute approximate surface area is 873 Å². The molecule has 15 heterocycles. The maximum Gasteiger partial charge on any atom is 0.145 e. The molecule has 15 nitrogen and oxygen atoms in total. The van der Waals surface area contributed by atoms with Crippen LogP contribution in [0.5, 0.6) is 0 Å². The summed E-state index contributed by atoms with van der Waals surface area (Å²) in [6.07, 6.45) is 14.6. The summed E-state index contributed by atoms with van der Waals surface area (Å²) in [7, 11) is 0. The van der Waals surface area contributed by atoms with Crippen LogP contribution >= 0.6 is 63.7 Å². The van der Waals surface area contributed by atoms with Gasteiger partial charge in [0.15, 0.2) is 0 Å². The Kier molecular flexibility index (Phi) is 25.2. The first-order valence-electron chi connectivity index (χ1n) is 47.6. The molecule has 0 unspecified atom stereocenters. The molecule has 0 spiro atoms. The van der Waals surface area contributed by atoms with Gasteiger partial charge in [-0.1, -0.05) is 246 Å². The number of aromatic nitrogens is 15. The lowest BCUT2D eigenvalue weighted by Gasteiger charge is -2.12. The summed E-state index contributed by atoms with van der Waals surface area (Å²) < 4.78 is 13.1. The molecule has 0 aliphatic carbocycles. The Hall–Kier alpha value is -17.6. The molecular formula is C127H81Br4N15. The van der Waals surface area contributed by atoms with Gasteiger partial charge < -0.3 is 0 Å². The minimum Gasteiger partial charge on any atom is -0.294 e. The largest absolute Gasteiger partial charge is 0.294 e. The molecule has 0 amide bonds. The highest BCUT2D eigenvalue weighted by molar-refractivity contribution is 9.11. The summed E-state index contributed by atoms with van der Waals surface area (Å²) in [4.78, 5) is 52.2. The van der Waals surface area contributed by atoms with E-state index in [1.807, 2.05) is 159 Å². The molecule has 27 aromatic rings. The quantitative estimate of drug-likeness (QED) is 0.0960. The molecule has 0 saturated carbocycles. The average Bonchev–Trinajstić information content (AvgIpc) is 1.60. The topological polar surface area (TPSA) is 162 Å². The molecule has 19 heteroatoms. The van der Waals surface area contributed by atoms with Crippen molar-refractivity contribution >= 4 is 151 Å². The lowest BCUT2D eigenvalue weighted by molar-refractivity contribution is 1.11. The molecule has 12 aromatic carbocycles. The van der Waals surface area contributed by atoms with Crippen molar-refractivity contribution in [3.05, 3.63) is 510 Å². The van der Waals surface area contributed by atoms with Crippen LogP contribution in [0.1, 0.15) is 0 Å². The van der Waals surface area contributed by atoms with Crippen LogP contribution in [0.15, 0.2) is 510 Å². The van der Waals surface area contributed by atoms with Crippen molar-refractivity contribution in [3.63, 3.8) is 0 Å². The Morgan fingerprint density at radius 1 is 0.137 bits per heavy atom. The van der Waals surface area contributed by atoms with Crippen LogP contribution in [0.25, 0.3) is 234 Å². The fourth-order valence-electron chi connectivity index (χ4n) is 19.2. The molecule has 27 rings (SSSR count). The van der Waals surface area contributed by atoms with Gasteiger partial charge in [0.2, 0.25) is 0 Å². The van der Waals surface area contributed by atoms with Gasteiger partial charge in [0.1, 0.15) is 22.6 Å². The fraction of sp³-hybridized carbons (Fsp3) is 0. The molecule has 15 aromatic heterocycles. The second-order valence-corrected chi connectivity index (χ2v) is 38.8. The van der Waals surface area contributed by atoms with Crippen LogP contribution in [0.4, 0.5) is 0 Å². The zero-order valence-electron chi connectivity index (χ0n) is 78.0. The number of halogens is 4. The van der Waals surface area contributed by atoms with Crippen molar-refractivity contribution < 1.29 is 0 Å². The van der Waals surface area contributed by atoms with Gasteiger partial charge in [0, 0.05) is 161 Å². The van der Waals surface area contributed by atoms with E-state index in [0.29, 0.717) is 0 Å². The molecular weight excluding hydrogens is 2060 g/mol. The summed E-state index contributed by atoms with van der Waals surface area (Å²) in [5, 5.41) is 9.18. The highest BCUT2D eigenvalue weighted by Gasteiger charge is 2.23. The third kappa shape index (κ3) is 18.4. The van der Waals surface area contributed by atoms with Gasteiger partial charge in [-0.25, -0.2) is 34.9 Å². The summed E-state index contributed by atoms with van der Waals surface area (Å²) in [5.41, 5.74) is 34.6. The molecule has 0 aliphatic rings. The lowest BCUT2D eigenvalue weighted by Crippen LogP contribution is -2.00. The van der Waals surface area contributed by atoms with E-state index in [4.69, 9.17) is 34.9 Å². The van der Waals surface area contributed by atoms with Gasteiger partial charge in [-0.15, -0.1) is 0 Å². The zero-order chi connectivity index (χ0) is 97.9. The van der Waals surface area contributed by atoms with Crippen LogP contribution in [0.2, 0.25) is 0 Å². The van der Waals surface area contributed by atoms with Gasteiger partial charge in [-0.05, 0) is 294 Å². The molecule has 0 radical (unpaired) electrons. The molecule has 0 bridgehead atoms. The number of benzene rings is 12. The first-order chi connectivity index (χ1) is 72.0. The SMILES string of the molecule is Brc1ccc2c(c1)c1cccnc1n2-c1cc(-c2ccccn2)nc(-c2ccccn2)c1.Brc1ccc2c(c1)c1cccnc1n2-c1ccc(-c2cc(-c3ccccc3)cc(-c3ccccc3)n2)cc1.Brc1ccc2c(c1)c1cccnc1n2-c1ccc(-c2cc(-c3ccccc3)nc(-c3ccccc3)c2)cc1.Brc1ccc2c(c1)c1cccnc1n2-c1ccc(-c2cc(-c3ccccn3)cc(-c3ccccn3)c2)cc1. The van der Waals surface area contributed by atoms with Gasteiger partial charge in [-0.2, -0.15) is 0 Å². The van der Waals surface area contributed by atoms with E-state index >= 15 is 0 Å². The molecule has 0 fully saturated rings. The van der Waals surface area contributed by atoms with Crippen molar-refractivity contribution in [1.29, 1.82) is 0 Å². The minimum atomic E-state index is 0.784. The summed E-state index contributed by atoms with van der Waals surface area (Å²) >= 11 is 14.5. The normalized spacial score (nSPS) is 11.3. The highest BCUT2D eigenvalue weighted by atomic mass is 79.9. The maximum absolute atomic E-state index is 5.08.